The van der Waals surface area contributed by atoms with Crippen LogP contribution in [0.15, 0.2) is 42.5 Å². The number of ether oxygens (including phenoxy) is 1. The second-order valence-corrected chi connectivity index (χ2v) is 10.1. The topological polar surface area (TPSA) is 70.0 Å². The predicted octanol–water partition coefficient (Wildman–Crippen LogP) is 3.80. The highest BCUT2D eigenvalue weighted by Gasteiger charge is 2.52. The number of amides is 1. The van der Waals surface area contributed by atoms with Crippen LogP contribution in [0.1, 0.15) is 50.7 Å². The molecule has 2 aliphatic heterocycles. The van der Waals surface area contributed by atoms with Gasteiger partial charge in [-0.15, -0.1) is 0 Å². The molecule has 0 bridgehead atoms. The number of aromatic nitrogens is 1. The van der Waals surface area contributed by atoms with E-state index in [4.69, 9.17) is 14.0 Å². The monoisotopic (exact) mass is 478 g/mol. The molecule has 0 radical (unpaired) electrons. The number of esters is 1. The van der Waals surface area contributed by atoms with E-state index in [1.807, 2.05) is 62.6 Å². The first-order valence-corrected chi connectivity index (χ1v) is 11.7. The quantitative estimate of drug-likeness (QED) is 0.422. The highest BCUT2D eigenvalue weighted by atomic mass is 19.1. The summed E-state index contributed by atoms with van der Waals surface area (Å²) in [6.45, 7) is 9.68. The highest BCUT2D eigenvalue weighted by Crippen LogP contribution is 2.38. The highest BCUT2D eigenvalue weighted by molar-refractivity contribution is 6.62. The summed E-state index contributed by atoms with van der Waals surface area (Å²) in [4.78, 5) is 26.9. The van der Waals surface area contributed by atoms with E-state index in [1.165, 1.54) is 19.1 Å². The minimum atomic E-state index is -0.883. The Labute approximate surface area is 203 Å². The van der Waals surface area contributed by atoms with E-state index in [2.05, 4.69) is 0 Å². The Morgan fingerprint density at radius 3 is 2.46 bits per heavy atom. The number of halogens is 1. The first-order chi connectivity index (χ1) is 16.5. The van der Waals surface area contributed by atoms with Crippen LogP contribution >= 0.6 is 0 Å². The van der Waals surface area contributed by atoms with Gasteiger partial charge in [0, 0.05) is 36.5 Å². The van der Waals surface area contributed by atoms with Crippen molar-refractivity contribution in [2.24, 2.45) is 0 Å². The van der Waals surface area contributed by atoms with Crippen molar-refractivity contribution in [2.45, 2.75) is 59.0 Å². The summed E-state index contributed by atoms with van der Waals surface area (Å²) in [6.07, 6.45) is 0. The zero-order chi connectivity index (χ0) is 25.1. The minimum Gasteiger partial charge on any atom is -0.461 e. The molecule has 1 fully saturated rings. The van der Waals surface area contributed by atoms with Crippen LogP contribution in [-0.2, 0) is 32.0 Å². The number of para-hydroxylation sites is 1. The maximum Gasteiger partial charge on any atom is 0.495 e. The molecule has 35 heavy (non-hydrogen) atoms. The molecule has 2 aromatic carbocycles. The van der Waals surface area contributed by atoms with Gasteiger partial charge >= 0.3 is 13.1 Å². The Bertz CT molecular complexity index is 1330. The lowest BCUT2D eigenvalue weighted by Gasteiger charge is -2.32. The van der Waals surface area contributed by atoms with Gasteiger partial charge < -0.3 is 23.5 Å². The SMILES string of the molecule is CC(=O)OCc1c(B2OC(C)(C)C(C)(C)O2)cc(F)cc1N1CCn2c(cc3ccccc32)C1=O. The van der Waals surface area contributed by atoms with Gasteiger partial charge in [0.1, 0.15) is 18.1 Å². The molecule has 0 aliphatic carbocycles. The van der Waals surface area contributed by atoms with Crippen LogP contribution in [0.3, 0.4) is 0 Å². The van der Waals surface area contributed by atoms with Crippen LogP contribution < -0.4 is 10.4 Å². The lowest BCUT2D eigenvalue weighted by molar-refractivity contribution is -0.142. The van der Waals surface area contributed by atoms with Crippen molar-refractivity contribution in [3.05, 3.63) is 59.5 Å². The van der Waals surface area contributed by atoms with Crippen LogP contribution in [0.5, 0.6) is 0 Å². The van der Waals surface area contributed by atoms with E-state index in [9.17, 15) is 9.59 Å². The molecule has 1 amide bonds. The molecule has 1 saturated heterocycles. The molecule has 182 valence electrons. The third-order valence-corrected chi connectivity index (χ3v) is 7.27. The van der Waals surface area contributed by atoms with E-state index in [1.54, 1.807) is 4.90 Å². The summed E-state index contributed by atoms with van der Waals surface area (Å²) < 4.78 is 34.7. The van der Waals surface area contributed by atoms with Crippen molar-refractivity contribution in [1.29, 1.82) is 0 Å². The number of benzene rings is 2. The molecule has 0 N–H and O–H groups in total. The lowest BCUT2D eigenvalue weighted by Crippen LogP contribution is -2.43. The molecular weight excluding hydrogens is 450 g/mol. The number of rotatable bonds is 4. The van der Waals surface area contributed by atoms with E-state index in [0.717, 1.165) is 10.9 Å². The lowest BCUT2D eigenvalue weighted by atomic mass is 9.75. The van der Waals surface area contributed by atoms with Gasteiger partial charge in [0.25, 0.3) is 5.91 Å². The maximum absolute atomic E-state index is 15.0. The van der Waals surface area contributed by atoms with Gasteiger partial charge in [0.15, 0.2) is 0 Å². The molecule has 0 spiro atoms. The van der Waals surface area contributed by atoms with Gasteiger partial charge in [0.2, 0.25) is 0 Å². The second-order valence-electron chi connectivity index (χ2n) is 10.1. The van der Waals surface area contributed by atoms with Crippen molar-refractivity contribution < 1.29 is 28.0 Å². The summed E-state index contributed by atoms with van der Waals surface area (Å²) in [7, 11) is -0.883. The fourth-order valence-corrected chi connectivity index (χ4v) is 4.69. The average molecular weight is 478 g/mol. The fraction of sp³-hybridized carbons (Fsp3) is 0.385. The molecule has 2 aliphatic rings. The molecule has 3 heterocycles. The first-order valence-electron chi connectivity index (χ1n) is 11.7. The van der Waals surface area contributed by atoms with Gasteiger partial charge in [-0.1, -0.05) is 18.2 Å². The number of hydrogen-bond acceptors (Lipinski definition) is 5. The van der Waals surface area contributed by atoms with Crippen LogP contribution in [-0.4, -0.2) is 41.3 Å². The third-order valence-electron chi connectivity index (χ3n) is 7.27. The molecule has 7 nitrogen and oxygen atoms in total. The Morgan fingerprint density at radius 1 is 1.09 bits per heavy atom. The molecule has 0 atom stereocenters. The largest absolute Gasteiger partial charge is 0.495 e. The van der Waals surface area contributed by atoms with Crippen LogP contribution in [0.2, 0.25) is 0 Å². The van der Waals surface area contributed by atoms with Crippen molar-refractivity contribution in [3.63, 3.8) is 0 Å². The molecule has 9 heteroatoms. The predicted molar refractivity (Wildman–Crippen MR) is 131 cm³/mol. The molecule has 0 unspecified atom stereocenters. The number of anilines is 1. The van der Waals surface area contributed by atoms with Crippen molar-refractivity contribution in [3.8, 4) is 0 Å². The maximum atomic E-state index is 15.0. The van der Waals surface area contributed by atoms with E-state index >= 15 is 4.39 Å². The molecule has 5 rings (SSSR count). The minimum absolute atomic E-state index is 0.142. The van der Waals surface area contributed by atoms with Crippen LogP contribution in [0.4, 0.5) is 10.1 Å². The van der Waals surface area contributed by atoms with Gasteiger partial charge in [-0.2, -0.15) is 0 Å². The Morgan fingerprint density at radius 2 is 1.77 bits per heavy atom. The van der Waals surface area contributed by atoms with Crippen LogP contribution in [0.25, 0.3) is 10.9 Å². The summed E-state index contributed by atoms with van der Waals surface area (Å²) in [5.41, 5.74) is 1.44. The fourth-order valence-electron chi connectivity index (χ4n) is 4.69. The normalized spacial score (nSPS) is 18.7. The van der Waals surface area contributed by atoms with Crippen LogP contribution in [0, 0.1) is 5.82 Å². The van der Waals surface area contributed by atoms with E-state index in [0.29, 0.717) is 35.5 Å². The second kappa shape index (κ2) is 8.21. The number of carbonyl (C=O) groups excluding carboxylic acids is 2. The van der Waals surface area contributed by atoms with Crippen molar-refractivity contribution >= 4 is 41.0 Å². The van der Waals surface area contributed by atoms with Crippen molar-refractivity contribution in [1.82, 2.24) is 4.57 Å². The van der Waals surface area contributed by atoms with E-state index in [-0.39, 0.29) is 12.5 Å². The number of nitrogens with zero attached hydrogens (tertiary/aromatic N) is 2. The molecular formula is C26H28BFN2O5. The average Bonchev–Trinajstić information content (AvgIpc) is 3.26. The zero-order valence-electron chi connectivity index (χ0n) is 20.6. The molecule has 0 saturated carbocycles. The Hall–Kier alpha value is -3.17. The zero-order valence-corrected chi connectivity index (χ0v) is 20.6. The van der Waals surface area contributed by atoms with Crippen molar-refractivity contribution in [2.75, 3.05) is 11.4 Å². The number of hydrogen-bond donors (Lipinski definition) is 0. The number of fused-ring (bicyclic) bond motifs is 3. The van der Waals surface area contributed by atoms with E-state index < -0.39 is 30.1 Å². The number of carbonyl (C=O) groups is 2. The standard InChI is InChI=1S/C26H28BFN2O5/c1-16(31)33-15-19-20(27-34-25(2,3)26(4,5)35-27)13-18(28)14-22(19)30-11-10-29-21-9-7-6-8-17(21)12-23(29)24(30)32/h6-9,12-14H,10-11,15H2,1-5H3. The summed E-state index contributed by atoms with van der Waals surface area (Å²) in [5, 5.41) is 0.968. The summed E-state index contributed by atoms with van der Waals surface area (Å²) >= 11 is 0. The van der Waals surface area contributed by atoms with Gasteiger partial charge in [-0.05, 0) is 57.4 Å². The first kappa shape index (κ1) is 23.6. The smallest absolute Gasteiger partial charge is 0.461 e. The molecule has 1 aromatic heterocycles. The summed E-state index contributed by atoms with van der Waals surface area (Å²) in [5.74, 6) is -1.26. The molecule has 3 aromatic rings. The summed E-state index contributed by atoms with van der Waals surface area (Å²) in [6, 6.07) is 12.3. The van der Waals surface area contributed by atoms with Gasteiger partial charge in [-0.25, -0.2) is 4.39 Å². The van der Waals surface area contributed by atoms with Gasteiger partial charge in [0.05, 0.1) is 16.9 Å². The van der Waals surface area contributed by atoms with Gasteiger partial charge in [-0.3, -0.25) is 9.59 Å². The third kappa shape index (κ3) is 3.92. The Balaban J connectivity index is 1.61. The Kier molecular flexibility index (Phi) is 5.53.